The number of methoxy groups -OCH3 is 1. The number of carbonyl (C=O) groups excluding carboxylic acids is 1. The first-order valence-electron chi connectivity index (χ1n) is 6.93. The van der Waals surface area contributed by atoms with Crippen molar-refractivity contribution in [2.24, 2.45) is 0 Å². The molecule has 0 unspecified atom stereocenters. The van der Waals surface area contributed by atoms with Gasteiger partial charge >= 0.3 is 0 Å². The van der Waals surface area contributed by atoms with Gasteiger partial charge in [-0.05, 0) is 24.3 Å². The molecule has 1 aromatic heterocycles. The minimum atomic E-state index is -0.209. The Morgan fingerprint density at radius 1 is 1.22 bits per heavy atom. The Hall–Kier alpha value is -2.86. The minimum Gasteiger partial charge on any atom is -0.497 e. The second kappa shape index (κ2) is 6.50. The summed E-state index contributed by atoms with van der Waals surface area (Å²) in [4.78, 5) is 16.7. The van der Waals surface area contributed by atoms with Crippen molar-refractivity contribution in [1.82, 2.24) is 4.98 Å². The van der Waals surface area contributed by atoms with Crippen molar-refractivity contribution in [3.05, 3.63) is 59.5 Å². The number of hydrogen-bond donors (Lipinski definition) is 2. The van der Waals surface area contributed by atoms with Crippen LogP contribution in [0.1, 0.15) is 10.4 Å². The number of anilines is 2. The van der Waals surface area contributed by atoms with Crippen LogP contribution in [0.5, 0.6) is 5.75 Å². The highest BCUT2D eigenvalue weighted by molar-refractivity contribution is 7.13. The molecule has 0 aliphatic rings. The zero-order valence-corrected chi connectivity index (χ0v) is 13.3. The summed E-state index contributed by atoms with van der Waals surface area (Å²) in [5.74, 6) is 0.428. The van der Waals surface area contributed by atoms with Crippen LogP contribution in [0.25, 0.3) is 11.3 Å². The second-order valence-corrected chi connectivity index (χ2v) is 5.69. The van der Waals surface area contributed by atoms with Crippen molar-refractivity contribution >= 4 is 28.1 Å². The lowest BCUT2D eigenvalue weighted by molar-refractivity contribution is 0.102. The predicted molar refractivity (Wildman–Crippen MR) is 92.9 cm³/mol. The van der Waals surface area contributed by atoms with Crippen LogP contribution in [0.2, 0.25) is 0 Å². The summed E-state index contributed by atoms with van der Waals surface area (Å²) in [7, 11) is 1.57. The largest absolute Gasteiger partial charge is 0.497 e. The number of nitrogens with zero attached hydrogens (tertiary/aromatic N) is 1. The Bertz CT molecular complexity index is 845. The molecule has 0 bridgehead atoms. The average Bonchev–Trinajstić information content (AvgIpc) is 3.01. The molecule has 0 aliphatic carbocycles. The first-order valence-corrected chi connectivity index (χ1v) is 7.81. The van der Waals surface area contributed by atoms with Crippen molar-refractivity contribution in [3.63, 3.8) is 0 Å². The monoisotopic (exact) mass is 325 g/mol. The molecule has 116 valence electrons. The summed E-state index contributed by atoms with van der Waals surface area (Å²) in [6, 6.07) is 14.5. The van der Waals surface area contributed by atoms with Crippen molar-refractivity contribution < 1.29 is 9.53 Å². The van der Waals surface area contributed by atoms with E-state index in [1.807, 2.05) is 29.6 Å². The van der Waals surface area contributed by atoms with Gasteiger partial charge in [-0.2, -0.15) is 0 Å². The number of nitrogens with one attached hydrogen (secondary N) is 1. The highest BCUT2D eigenvalue weighted by Crippen LogP contribution is 2.30. The smallest absolute Gasteiger partial charge is 0.255 e. The minimum absolute atomic E-state index is 0.209. The van der Waals surface area contributed by atoms with Crippen LogP contribution in [0.3, 0.4) is 0 Å². The fourth-order valence-corrected chi connectivity index (χ4v) is 2.75. The Morgan fingerprint density at radius 2 is 2.04 bits per heavy atom. The first kappa shape index (κ1) is 15.1. The molecule has 1 amide bonds. The van der Waals surface area contributed by atoms with E-state index in [1.165, 1.54) is 11.3 Å². The van der Waals surface area contributed by atoms with Gasteiger partial charge in [-0.3, -0.25) is 4.79 Å². The normalized spacial score (nSPS) is 10.3. The van der Waals surface area contributed by atoms with Gasteiger partial charge in [0, 0.05) is 16.5 Å². The van der Waals surface area contributed by atoms with E-state index in [4.69, 9.17) is 10.5 Å². The maximum atomic E-state index is 12.5. The second-order valence-electron chi connectivity index (χ2n) is 4.80. The van der Waals surface area contributed by atoms with Crippen LogP contribution in [-0.4, -0.2) is 18.0 Å². The Morgan fingerprint density at radius 3 is 2.78 bits per heavy atom. The molecule has 23 heavy (non-hydrogen) atoms. The van der Waals surface area contributed by atoms with Gasteiger partial charge in [-0.15, -0.1) is 11.3 Å². The summed E-state index contributed by atoms with van der Waals surface area (Å²) in [6.07, 6.45) is 0. The summed E-state index contributed by atoms with van der Waals surface area (Å²) in [5, 5.41) is 5.28. The number of nitrogen functional groups attached to an aromatic ring is 1. The third-order valence-corrected chi connectivity index (χ3v) is 3.98. The quantitative estimate of drug-likeness (QED) is 0.767. The van der Waals surface area contributed by atoms with E-state index >= 15 is 0 Å². The van der Waals surface area contributed by atoms with Gasteiger partial charge in [0.2, 0.25) is 0 Å². The number of aromatic nitrogens is 1. The molecule has 0 saturated heterocycles. The molecule has 0 saturated carbocycles. The summed E-state index contributed by atoms with van der Waals surface area (Å²) in [6.45, 7) is 0. The van der Waals surface area contributed by atoms with E-state index in [1.54, 1.807) is 31.4 Å². The molecule has 0 aliphatic heterocycles. The van der Waals surface area contributed by atoms with Crippen LogP contribution in [-0.2, 0) is 0 Å². The van der Waals surface area contributed by atoms with Crippen LogP contribution in [0, 0.1) is 0 Å². The van der Waals surface area contributed by atoms with Gasteiger partial charge in [0.05, 0.1) is 18.5 Å². The number of benzene rings is 2. The molecule has 3 rings (SSSR count). The first-order chi connectivity index (χ1) is 11.2. The maximum absolute atomic E-state index is 12.5. The molecule has 0 radical (unpaired) electrons. The molecule has 1 heterocycles. The SMILES string of the molecule is COc1cccc(C(=O)Nc2ccccc2-c2csc(N)n2)c1. The van der Waals surface area contributed by atoms with Gasteiger partial charge in [-0.1, -0.05) is 24.3 Å². The third-order valence-electron chi connectivity index (χ3n) is 3.31. The summed E-state index contributed by atoms with van der Waals surface area (Å²) in [5.41, 5.74) is 8.48. The van der Waals surface area contributed by atoms with Gasteiger partial charge < -0.3 is 15.8 Å². The Labute approximate surface area is 137 Å². The van der Waals surface area contributed by atoms with Crippen LogP contribution in [0.4, 0.5) is 10.8 Å². The number of hydrogen-bond acceptors (Lipinski definition) is 5. The van der Waals surface area contributed by atoms with Gasteiger partial charge in [0.15, 0.2) is 5.13 Å². The lowest BCUT2D eigenvalue weighted by Crippen LogP contribution is -2.12. The maximum Gasteiger partial charge on any atom is 0.255 e. The summed E-state index contributed by atoms with van der Waals surface area (Å²) < 4.78 is 5.15. The zero-order valence-electron chi connectivity index (χ0n) is 12.4. The third kappa shape index (κ3) is 3.32. The van der Waals surface area contributed by atoms with E-state index in [2.05, 4.69) is 10.3 Å². The Balaban J connectivity index is 1.89. The van der Waals surface area contributed by atoms with Gasteiger partial charge in [-0.25, -0.2) is 4.98 Å². The molecule has 2 aromatic carbocycles. The van der Waals surface area contributed by atoms with E-state index in [9.17, 15) is 4.79 Å². The van der Waals surface area contributed by atoms with E-state index in [0.717, 1.165) is 11.3 Å². The zero-order chi connectivity index (χ0) is 16.2. The van der Waals surface area contributed by atoms with Gasteiger partial charge in [0.25, 0.3) is 5.91 Å². The van der Waals surface area contributed by atoms with E-state index < -0.39 is 0 Å². The molecular formula is C17H15N3O2S. The highest BCUT2D eigenvalue weighted by Gasteiger charge is 2.12. The number of rotatable bonds is 4. The summed E-state index contributed by atoms with van der Waals surface area (Å²) >= 11 is 1.37. The van der Waals surface area contributed by atoms with Crippen molar-refractivity contribution in [2.75, 3.05) is 18.2 Å². The molecule has 6 heteroatoms. The number of thiazole rings is 1. The van der Waals surface area contributed by atoms with Gasteiger partial charge in [0.1, 0.15) is 5.75 Å². The van der Waals surface area contributed by atoms with Crippen molar-refractivity contribution in [3.8, 4) is 17.0 Å². The Kier molecular flexibility index (Phi) is 4.25. The lowest BCUT2D eigenvalue weighted by atomic mass is 10.1. The van der Waals surface area contributed by atoms with Crippen LogP contribution in [0.15, 0.2) is 53.9 Å². The number of carbonyl (C=O) groups is 1. The lowest BCUT2D eigenvalue weighted by Gasteiger charge is -2.10. The van der Waals surface area contributed by atoms with E-state index in [0.29, 0.717) is 22.1 Å². The van der Waals surface area contributed by atoms with Crippen molar-refractivity contribution in [1.29, 1.82) is 0 Å². The fourth-order valence-electron chi connectivity index (χ4n) is 2.19. The molecule has 5 nitrogen and oxygen atoms in total. The number of amides is 1. The fraction of sp³-hybridized carbons (Fsp3) is 0.0588. The molecule has 0 spiro atoms. The average molecular weight is 325 g/mol. The number of nitrogens with two attached hydrogens (primary N) is 1. The van der Waals surface area contributed by atoms with Crippen LogP contribution < -0.4 is 15.8 Å². The standard InChI is InChI=1S/C17H15N3O2S/c1-22-12-6-4-5-11(9-12)16(21)19-14-8-3-2-7-13(14)15-10-23-17(18)20-15/h2-10H,1H3,(H2,18,20)(H,19,21). The molecule has 3 N–H and O–H groups in total. The molecule has 3 aromatic rings. The van der Waals surface area contributed by atoms with E-state index in [-0.39, 0.29) is 5.91 Å². The molecule has 0 atom stereocenters. The number of para-hydroxylation sites is 1. The van der Waals surface area contributed by atoms with Crippen molar-refractivity contribution in [2.45, 2.75) is 0 Å². The molecule has 0 fully saturated rings. The molecular weight excluding hydrogens is 310 g/mol. The number of ether oxygens (including phenoxy) is 1. The topological polar surface area (TPSA) is 77.2 Å². The highest BCUT2D eigenvalue weighted by atomic mass is 32.1. The predicted octanol–water partition coefficient (Wildman–Crippen LogP) is 3.65. The van der Waals surface area contributed by atoms with Crippen LogP contribution >= 0.6 is 11.3 Å².